The van der Waals surface area contributed by atoms with E-state index in [1.54, 1.807) is 11.0 Å². The van der Waals surface area contributed by atoms with Gasteiger partial charge in [0, 0.05) is 37.8 Å². The Hall–Kier alpha value is -2.14. The molecule has 33 heavy (non-hydrogen) atoms. The van der Waals surface area contributed by atoms with Gasteiger partial charge in [-0.05, 0) is 42.9 Å². The largest absolute Gasteiger partial charge is 0.417 e. The van der Waals surface area contributed by atoms with Gasteiger partial charge in [0.2, 0.25) is 5.91 Å². The van der Waals surface area contributed by atoms with E-state index in [-0.39, 0.29) is 34.8 Å². The molecule has 1 atom stereocenters. The summed E-state index contributed by atoms with van der Waals surface area (Å²) in [5.41, 5.74) is -0.596. The summed E-state index contributed by atoms with van der Waals surface area (Å²) in [6, 6.07) is 4.06. The predicted octanol–water partition coefficient (Wildman–Crippen LogP) is 2.02. The van der Waals surface area contributed by atoms with Gasteiger partial charge in [0.15, 0.2) is 0 Å². The maximum absolute atomic E-state index is 13.4. The fourth-order valence-electron chi connectivity index (χ4n) is 5.87. The SMILES string of the molecule is CS(=O)c1ccc(CC2CC3(C2)CN(C(=O)N2CC4(COCC(=O)N4)C2)C3)cc1C(F)(F)F. The third-order valence-corrected chi connectivity index (χ3v) is 8.20. The van der Waals surface area contributed by atoms with E-state index in [2.05, 4.69) is 5.32 Å². The molecule has 1 N–H and O–H groups in total. The van der Waals surface area contributed by atoms with Crippen molar-refractivity contribution in [1.82, 2.24) is 15.1 Å². The van der Waals surface area contributed by atoms with Crippen LogP contribution in [0.25, 0.3) is 0 Å². The zero-order valence-electron chi connectivity index (χ0n) is 18.2. The molecular formula is C22H26F3N3O4S. The van der Waals surface area contributed by atoms with Crippen LogP contribution in [-0.2, 0) is 32.9 Å². The van der Waals surface area contributed by atoms with Crippen LogP contribution in [-0.4, -0.2) is 77.1 Å². The number of benzene rings is 1. The van der Waals surface area contributed by atoms with E-state index >= 15 is 0 Å². The number of ether oxygens (including phenoxy) is 1. The lowest BCUT2D eigenvalue weighted by atomic mass is 9.56. The van der Waals surface area contributed by atoms with Crippen molar-refractivity contribution in [2.45, 2.75) is 35.9 Å². The monoisotopic (exact) mass is 485 g/mol. The Kier molecular flexibility index (Phi) is 5.28. The van der Waals surface area contributed by atoms with Crippen molar-refractivity contribution in [2.24, 2.45) is 11.3 Å². The number of nitrogens with one attached hydrogen (secondary N) is 1. The van der Waals surface area contributed by atoms with Crippen LogP contribution in [0.5, 0.6) is 0 Å². The summed E-state index contributed by atoms with van der Waals surface area (Å²) in [6.07, 6.45) is -0.970. The van der Waals surface area contributed by atoms with Crippen LogP contribution in [0, 0.1) is 11.3 Å². The minimum absolute atomic E-state index is 0.0347. The Bertz CT molecular complexity index is 1010. The number of hydrogen-bond acceptors (Lipinski definition) is 4. The molecule has 180 valence electrons. The first-order chi connectivity index (χ1) is 15.5. The number of alkyl halides is 3. The standard InChI is InChI=1S/C22H26F3N3O4S/c1-33(31)17-3-2-14(5-16(17)22(23,24)25)4-15-6-20(7-15)9-27(10-20)19(30)28-11-21(12-28)13-32-8-18(29)26-21/h2-3,5,15H,4,6-13H2,1H3,(H,26,29). The number of carbonyl (C=O) groups excluding carboxylic acids is 2. The molecule has 1 aromatic carbocycles. The molecule has 3 heterocycles. The van der Waals surface area contributed by atoms with Gasteiger partial charge >= 0.3 is 12.2 Å². The first-order valence-electron chi connectivity index (χ1n) is 10.9. The number of rotatable bonds is 3. The first kappa shape index (κ1) is 22.6. The molecule has 1 saturated carbocycles. The molecule has 2 spiro atoms. The van der Waals surface area contributed by atoms with Crippen molar-refractivity contribution >= 4 is 22.7 Å². The Balaban J connectivity index is 1.11. The van der Waals surface area contributed by atoms with Crippen molar-refractivity contribution in [3.05, 3.63) is 29.3 Å². The summed E-state index contributed by atoms with van der Waals surface area (Å²) in [5.74, 6) is 0.125. The molecule has 0 aromatic heterocycles. The molecule has 1 aromatic rings. The highest BCUT2D eigenvalue weighted by Gasteiger charge is 2.56. The van der Waals surface area contributed by atoms with E-state index < -0.39 is 28.1 Å². The maximum Gasteiger partial charge on any atom is 0.417 e. The number of hydrogen-bond donors (Lipinski definition) is 1. The van der Waals surface area contributed by atoms with Crippen LogP contribution in [0.3, 0.4) is 0 Å². The van der Waals surface area contributed by atoms with Crippen LogP contribution in [0.4, 0.5) is 18.0 Å². The minimum Gasteiger partial charge on any atom is -0.369 e. The Morgan fingerprint density at radius 3 is 2.48 bits per heavy atom. The smallest absolute Gasteiger partial charge is 0.369 e. The summed E-state index contributed by atoms with van der Waals surface area (Å²) < 4.78 is 57.0. The van der Waals surface area contributed by atoms with Crippen molar-refractivity contribution in [3.63, 3.8) is 0 Å². The van der Waals surface area contributed by atoms with Crippen LogP contribution in [0.15, 0.2) is 23.1 Å². The van der Waals surface area contributed by atoms with Crippen LogP contribution < -0.4 is 5.32 Å². The molecule has 5 rings (SSSR count). The highest BCUT2D eigenvalue weighted by molar-refractivity contribution is 7.84. The zero-order valence-corrected chi connectivity index (χ0v) is 19.1. The summed E-state index contributed by atoms with van der Waals surface area (Å²) >= 11 is 0. The fourth-order valence-corrected chi connectivity index (χ4v) is 6.62. The zero-order chi connectivity index (χ0) is 23.6. The molecule has 4 aliphatic rings. The summed E-state index contributed by atoms with van der Waals surface area (Å²) in [5, 5.41) is 2.92. The van der Waals surface area contributed by atoms with Gasteiger partial charge < -0.3 is 19.9 Å². The highest BCUT2D eigenvalue weighted by Crippen LogP contribution is 2.53. The second kappa shape index (κ2) is 7.69. The highest BCUT2D eigenvalue weighted by atomic mass is 32.2. The third-order valence-electron chi connectivity index (χ3n) is 7.22. The van der Waals surface area contributed by atoms with Gasteiger partial charge in [-0.1, -0.05) is 6.07 Å². The number of nitrogens with zero attached hydrogens (tertiary/aromatic N) is 2. The van der Waals surface area contributed by atoms with Gasteiger partial charge in [0.25, 0.3) is 0 Å². The lowest BCUT2D eigenvalue weighted by Gasteiger charge is -2.61. The molecule has 0 bridgehead atoms. The van der Waals surface area contributed by atoms with Crippen LogP contribution >= 0.6 is 0 Å². The second-order valence-corrected chi connectivity index (χ2v) is 11.4. The normalized spacial score (nSPS) is 24.7. The second-order valence-electron chi connectivity index (χ2n) is 10.1. The number of halogens is 3. The van der Waals surface area contributed by atoms with Crippen molar-refractivity contribution in [3.8, 4) is 0 Å². The van der Waals surface area contributed by atoms with E-state index in [9.17, 15) is 27.0 Å². The summed E-state index contributed by atoms with van der Waals surface area (Å²) in [6.45, 7) is 2.70. The lowest BCUT2D eigenvalue weighted by Crippen LogP contribution is -2.78. The molecule has 1 aliphatic carbocycles. The molecule has 1 unspecified atom stereocenters. The third kappa shape index (κ3) is 4.14. The van der Waals surface area contributed by atoms with Gasteiger partial charge in [-0.2, -0.15) is 13.2 Å². The topological polar surface area (TPSA) is 79.0 Å². The van der Waals surface area contributed by atoms with Crippen molar-refractivity contribution < 1.29 is 31.7 Å². The number of carbonyl (C=O) groups is 2. The molecular weight excluding hydrogens is 459 g/mol. The van der Waals surface area contributed by atoms with Gasteiger partial charge in [0.1, 0.15) is 6.61 Å². The fraction of sp³-hybridized carbons (Fsp3) is 0.636. The van der Waals surface area contributed by atoms with Gasteiger partial charge in [0.05, 0.1) is 33.4 Å². The Morgan fingerprint density at radius 1 is 1.21 bits per heavy atom. The van der Waals surface area contributed by atoms with E-state index in [4.69, 9.17) is 4.74 Å². The lowest BCUT2D eigenvalue weighted by molar-refractivity contribution is -0.143. The molecule has 3 aliphatic heterocycles. The first-order valence-corrected chi connectivity index (χ1v) is 12.5. The van der Waals surface area contributed by atoms with E-state index in [0.717, 1.165) is 18.9 Å². The van der Waals surface area contributed by atoms with Crippen LogP contribution in [0.2, 0.25) is 0 Å². The Morgan fingerprint density at radius 2 is 1.88 bits per heavy atom. The number of likely N-dealkylation sites (tertiary alicyclic amines) is 2. The predicted molar refractivity (Wildman–Crippen MR) is 113 cm³/mol. The minimum atomic E-state index is -4.53. The van der Waals surface area contributed by atoms with E-state index in [1.807, 2.05) is 4.90 Å². The molecule has 4 fully saturated rings. The van der Waals surface area contributed by atoms with Crippen molar-refractivity contribution in [2.75, 3.05) is 45.6 Å². The molecule has 0 radical (unpaired) electrons. The molecule has 3 amide bonds. The van der Waals surface area contributed by atoms with Gasteiger partial charge in [-0.15, -0.1) is 0 Å². The number of morpholine rings is 1. The number of urea groups is 1. The summed E-state index contributed by atoms with van der Waals surface area (Å²) in [4.78, 5) is 27.6. The molecule has 3 saturated heterocycles. The number of amides is 3. The average Bonchev–Trinajstić information content (AvgIpc) is 2.65. The van der Waals surface area contributed by atoms with E-state index in [0.29, 0.717) is 44.8 Å². The van der Waals surface area contributed by atoms with Crippen molar-refractivity contribution in [1.29, 1.82) is 0 Å². The van der Waals surface area contributed by atoms with Crippen LogP contribution in [0.1, 0.15) is 24.0 Å². The van der Waals surface area contributed by atoms with Gasteiger partial charge in [-0.3, -0.25) is 9.00 Å². The molecule has 11 heteroatoms. The average molecular weight is 486 g/mol. The molecule has 7 nitrogen and oxygen atoms in total. The van der Waals surface area contributed by atoms with E-state index in [1.165, 1.54) is 12.3 Å². The maximum atomic E-state index is 13.4. The summed E-state index contributed by atoms with van der Waals surface area (Å²) in [7, 11) is -1.70. The van der Waals surface area contributed by atoms with Gasteiger partial charge in [-0.25, -0.2) is 4.79 Å². The quantitative estimate of drug-likeness (QED) is 0.711. The Labute approximate surface area is 192 Å².